The van der Waals surface area contributed by atoms with Crippen molar-refractivity contribution in [2.75, 3.05) is 38.2 Å². The summed E-state index contributed by atoms with van der Waals surface area (Å²) in [5, 5.41) is 5.49. The lowest BCUT2D eigenvalue weighted by molar-refractivity contribution is -0.914. The molecular formula is C21H33N4O3+. The minimum Gasteiger partial charge on any atom is -0.497 e. The first-order chi connectivity index (χ1) is 13.6. The third kappa shape index (κ3) is 5.38. The van der Waals surface area contributed by atoms with Crippen LogP contribution in [0.1, 0.15) is 39.0 Å². The Morgan fingerprint density at radius 2 is 1.75 bits per heavy atom. The summed E-state index contributed by atoms with van der Waals surface area (Å²) >= 11 is 0. The molecule has 0 aromatic heterocycles. The lowest BCUT2D eigenvalue weighted by Gasteiger charge is -2.36. The number of imide groups is 1. The number of methoxy groups -OCH3 is 1. The first-order valence-electron chi connectivity index (χ1n) is 10.4. The number of hydrogen-bond acceptors (Lipinski definition) is 4. The van der Waals surface area contributed by atoms with Crippen LogP contribution in [-0.4, -0.2) is 57.3 Å². The zero-order valence-electron chi connectivity index (χ0n) is 17.0. The van der Waals surface area contributed by atoms with Gasteiger partial charge in [0.25, 0.3) is 5.91 Å². The van der Waals surface area contributed by atoms with Gasteiger partial charge in [-0.2, -0.15) is 0 Å². The van der Waals surface area contributed by atoms with E-state index >= 15 is 0 Å². The summed E-state index contributed by atoms with van der Waals surface area (Å²) < 4.78 is 5.21. The summed E-state index contributed by atoms with van der Waals surface area (Å²) in [6.07, 6.45) is 5.56. The molecule has 3 rings (SSSR count). The van der Waals surface area contributed by atoms with Crippen LogP contribution in [0.15, 0.2) is 24.3 Å². The highest BCUT2D eigenvalue weighted by Crippen LogP contribution is 2.19. The normalized spacial score (nSPS) is 19.7. The van der Waals surface area contributed by atoms with Crippen molar-refractivity contribution in [2.24, 2.45) is 0 Å². The minimum absolute atomic E-state index is 0.193. The molecule has 1 aliphatic heterocycles. The maximum atomic E-state index is 12.5. The van der Waals surface area contributed by atoms with Crippen molar-refractivity contribution in [3.63, 3.8) is 0 Å². The fourth-order valence-electron chi connectivity index (χ4n) is 4.15. The molecule has 2 fully saturated rings. The molecule has 3 amide bonds. The predicted octanol–water partition coefficient (Wildman–Crippen LogP) is 0.947. The van der Waals surface area contributed by atoms with Gasteiger partial charge in [-0.3, -0.25) is 10.1 Å². The number of ether oxygens (including phenoxy) is 1. The number of benzene rings is 1. The Balaban J connectivity index is 1.43. The number of carbonyl (C=O) groups excluding carboxylic acids is 2. The summed E-state index contributed by atoms with van der Waals surface area (Å²) in [5.41, 5.74) is 1.17. The maximum Gasteiger partial charge on any atom is 0.321 e. The summed E-state index contributed by atoms with van der Waals surface area (Å²) in [6, 6.07) is 7.68. The van der Waals surface area contributed by atoms with Gasteiger partial charge in [0.2, 0.25) is 0 Å². The number of piperazine rings is 1. The Hall–Kier alpha value is -2.28. The van der Waals surface area contributed by atoms with E-state index in [4.69, 9.17) is 4.74 Å². The predicted molar refractivity (Wildman–Crippen MR) is 109 cm³/mol. The van der Waals surface area contributed by atoms with Gasteiger partial charge in [0, 0.05) is 11.7 Å². The Bertz CT molecular complexity index is 650. The highest BCUT2D eigenvalue weighted by molar-refractivity contribution is 5.96. The Morgan fingerprint density at radius 3 is 2.36 bits per heavy atom. The smallest absolute Gasteiger partial charge is 0.321 e. The van der Waals surface area contributed by atoms with E-state index in [-0.39, 0.29) is 24.0 Å². The van der Waals surface area contributed by atoms with E-state index in [0.29, 0.717) is 0 Å². The molecule has 154 valence electrons. The van der Waals surface area contributed by atoms with Crippen LogP contribution in [0.4, 0.5) is 10.5 Å². The molecular weight excluding hydrogens is 356 g/mol. The van der Waals surface area contributed by atoms with E-state index in [1.165, 1.54) is 17.0 Å². The average molecular weight is 390 g/mol. The van der Waals surface area contributed by atoms with E-state index < -0.39 is 0 Å². The van der Waals surface area contributed by atoms with E-state index in [2.05, 4.69) is 27.7 Å². The van der Waals surface area contributed by atoms with Crippen LogP contribution in [0.3, 0.4) is 0 Å². The zero-order chi connectivity index (χ0) is 19.9. The first kappa shape index (κ1) is 20.5. The van der Waals surface area contributed by atoms with Crippen molar-refractivity contribution in [3.05, 3.63) is 24.3 Å². The topological polar surface area (TPSA) is 75.1 Å². The van der Waals surface area contributed by atoms with Crippen molar-refractivity contribution in [3.8, 4) is 5.75 Å². The number of nitrogens with one attached hydrogen (secondary N) is 3. The van der Waals surface area contributed by atoms with Crippen LogP contribution < -0.4 is 25.2 Å². The number of amides is 3. The molecule has 1 atom stereocenters. The molecule has 1 heterocycles. The number of carbonyl (C=O) groups is 2. The molecule has 3 N–H and O–H groups in total. The van der Waals surface area contributed by atoms with Gasteiger partial charge in [-0.15, -0.1) is 0 Å². The molecule has 7 heteroatoms. The van der Waals surface area contributed by atoms with Gasteiger partial charge in [0.15, 0.2) is 6.04 Å². The number of rotatable bonds is 5. The van der Waals surface area contributed by atoms with E-state index in [1.54, 1.807) is 7.11 Å². The van der Waals surface area contributed by atoms with Crippen LogP contribution in [-0.2, 0) is 4.79 Å². The standard InChI is InChI=1S/C21H32N4O3/c1-16(20(26)23-21(27)22-17-6-4-3-5-7-17)24-12-14-25(15-13-24)18-8-10-19(28-2)11-9-18/h8-11,16-17H,3-7,12-15H2,1-2H3,(H2,22,23,26,27)/p+1/t16-/m1/s1. The highest BCUT2D eigenvalue weighted by Gasteiger charge is 2.30. The Labute approximate surface area is 167 Å². The summed E-state index contributed by atoms with van der Waals surface area (Å²) in [5.74, 6) is 0.658. The lowest BCUT2D eigenvalue weighted by Crippen LogP contribution is -3.19. The molecule has 1 aromatic rings. The summed E-state index contributed by atoms with van der Waals surface area (Å²) in [7, 11) is 1.67. The number of nitrogens with zero attached hydrogens (tertiary/aromatic N) is 1. The van der Waals surface area contributed by atoms with Gasteiger partial charge in [-0.05, 0) is 44.0 Å². The van der Waals surface area contributed by atoms with Gasteiger partial charge in [-0.25, -0.2) is 4.79 Å². The van der Waals surface area contributed by atoms with Crippen LogP contribution >= 0.6 is 0 Å². The molecule has 1 saturated heterocycles. The maximum absolute atomic E-state index is 12.5. The van der Waals surface area contributed by atoms with Gasteiger partial charge in [0.1, 0.15) is 5.75 Å². The fraction of sp³-hybridized carbons (Fsp3) is 0.619. The van der Waals surface area contributed by atoms with Crippen molar-refractivity contribution in [1.29, 1.82) is 0 Å². The summed E-state index contributed by atoms with van der Waals surface area (Å²) in [4.78, 5) is 28.2. The van der Waals surface area contributed by atoms with Gasteiger partial charge in [0.05, 0.1) is 33.3 Å². The second kappa shape index (κ2) is 9.78. The lowest BCUT2D eigenvalue weighted by atomic mass is 9.96. The molecule has 0 bridgehead atoms. The van der Waals surface area contributed by atoms with Crippen molar-refractivity contribution in [2.45, 2.75) is 51.1 Å². The molecule has 1 aliphatic carbocycles. The third-order valence-corrected chi connectivity index (χ3v) is 6.03. The molecule has 2 aliphatic rings. The molecule has 0 unspecified atom stereocenters. The van der Waals surface area contributed by atoms with E-state index in [9.17, 15) is 9.59 Å². The van der Waals surface area contributed by atoms with Crippen LogP contribution in [0.25, 0.3) is 0 Å². The second-order valence-electron chi connectivity index (χ2n) is 7.86. The number of hydrogen-bond donors (Lipinski definition) is 3. The highest BCUT2D eigenvalue weighted by atomic mass is 16.5. The van der Waals surface area contributed by atoms with Crippen molar-refractivity contribution in [1.82, 2.24) is 10.6 Å². The van der Waals surface area contributed by atoms with E-state index in [1.807, 2.05) is 19.1 Å². The molecule has 7 nitrogen and oxygen atoms in total. The molecule has 28 heavy (non-hydrogen) atoms. The van der Waals surface area contributed by atoms with Gasteiger partial charge in [-0.1, -0.05) is 19.3 Å². The molecule has 0 radical (unpaired) electrons. The minimum atomic E-state index is -0.347. The van der Waals surface area contributed by atoms with Crippen LogP contribution in [0.2, 0.25) is 0 Å². The average Bonchev–Trinajstić information content (AvgIpc) is 2.74. The monoisotopic (exact) mass is 389 g/mol. The second-order valence-corrected chi connectivity index (χ2v) is 7.86. The van der Waals surface area contributed by atoms with Crippen molar-refractivity contribution >= 4 is 17.6 Å². The Morgan fingerprint density at radius 1 is 1.11 bits per heavy atom. The number of urea groups is 1. The largest absolute Gasteiger partial charge is 0.497 e. The molecule has 0 spiro atoms. The Kier molecular flexibility index (Phi) is 7.14. The SMILES string of the molecule is COc1ccc(N2CC[NH+]([C@H](C)C(=O)NC(=O)NC3CCCCC3)CC2)cc1. The summed E-state index contributed by atoms with van der Waals surface area (Å²) in [6.45, 7) is 5.40. The van der Waals surface area contributed by atoms with Crippen molar-refractivity contribution < 1.29 is 19.2 Å². The number of quaternary nitrogens is 1. The quantitative estimate of drug-likeness (QED) is 0.701. The first-order valence-corrected chi connectivity index (χ1v) is 10.4. The van der Waals surface area contributed by atoms with Gasteiger partial charge >= 0.3 is 6.03 Å². The van der Waals surface area contributed by atoms with Crippen LogP contribution in [0, 0.1) is 0 Å². The number of anilines is 1. The van der Waals surface area contributed by atoms with Gasteiger partial charge < -0.3 is 19.9 Å². The van der Waals surface area contributed by atoms with E-state index in [0.717, 1.165) is 57.6 Å². The van der Waals surface area contributed by atoms with Crippen LogP contribution in [0.5, 0.6) is 5.75 Å². The fourth-order valence-corrected chi connectivity index (χ4v) is 4.15. The third-order valence-electron chi connectivity index (χ3n) is 6.03. The zero-order valence-corrected chi connectivity index (χ0v) is 17.0. The molecule has 1 aromatic carbocycles. The molecule has 1 saturated carbocycles.